The molecule has 0 fully saturated rings. The van der Waals surface area contributed by atoms with Crippen molar-refractivity contribution in [1.82, 2.24) is 10.3 Å². The number of rotatable bonds is 4. The maximum absolute atomic E-state index is 12.7. The summed E-state index contributed by atoms with van der Waals surface area (Å²) in [6.45, 7) is 5.72. The number of benzene rings is 1. The summed E-state index contributed by atoms with van der Waals surface area (Å²) in [6, 6.07) is 8.32. The molecule has 0 unspecified atom stereocenters. The summed E-state index contributed by atoms with van der Waals surface area (Å²) in [5, 5.41) is 15.4. The zero-order valence-corrected chi connectivity index (χ0v) is 15.6. The van der Waals surface area contributed by atoms with Gasteiger partial charge >= 0.3 is 6.18 Å². The zero-order valence-electron chi connectivity index (χ0n) is 15.6. The number of amides is 1. The molecule has 0 spiro atoms. The van der Waals surface area contributed by atoms with Gasteiger partial charge in [-0.1, -0.05) is 13.0 Å². The number of aliphatic imine (C=N–C) groups is 1. The summed E-state index contributed by atoms with van der Waals surface area (Å²) in [7, 11) is 0. The molecule has 2 rings (SSSR count). The molecule has 150 valence electrons. The number of pyridine rings is 1. The van der Waals surface area contributed by atoms with Crippen LogP contribution in [0.2, 0.25) is 0 Å². The van der Waals surface area contributed by atoms with Crippen LogP contribution in [0.15, 0.2) is 47.5 Å². The predicted molar refractivity (Wildman–Crippen MR) is 100 cm³/mol. The minimum atomic E-state index is -4.48. The van der Waals surface area contributed by atoms with Crippen LogP contribution in [0.5, 0.6) is 5.88 Å². The van der Waals surface area contributed by atoms with Crippen molar-refractivity contribution >= 4 is 17.7 Å². The molecule has 9 heteroatoms. The monoisotopic (exact) mass is 394 g/mol. The molecule has 0 saturated carbocycles. The third-order valence-corrected chi connectivity index (χ3v) is 3.99. The first-order valence-electron chi connectivity index (χ1n) is 8.52. The van der Waals surface area contributed by atoms with E-state index in [1.807, 2.05) is 20.8 Å². The van der Waals surface area contributed by atoms with Crippen molar-refractivity contribution in [2.45, 2.75) is 38.9 Å². The van der Waals surface area contributed by atoms with E-state index in [1.165, 1.54) is 6.07 Å². The highest BCUT2D eigenvalue weighted by Crippen LogP contribution is 2.29. The Balaban J connectivity index is 2.30. The van der Waals surface area contributed by atoms with Gasteiger partial charge in [0.25, 0.3) is 5.91 Å². The summed E-state index contributed by atoms with van der Waals surface area (Å²) < 4.78 is 38.0. The molecular formula is C19H21F3N4O2. The van der Waals surface area contributed by atoms with Crippen LogP contribution in [0.4, 0.5) is 19.0 Å². The quantitative estimate of drug-likeness (QED) is 0.535. The Kier molecular flexibility index (Phi) is 6.27. The molecule has 28 heavy (non-hydrogen) atoms. The van der Waals surface area contributed by atoms with Gasteiger partial charge in [0, 0.05) is 17.2 Å². The van der Waals surface area contributed by atoms with Gasteiger partial charge < -0.3 is 15.7 Å². The molecule has 1 heterocycles. The lowest BCUT2D eigenvalue weighted by atomic mass is 10.0. The standard InChI is InChI=1S/C19H21F3N4O2/c1-4-18(2,3)26-17(24-14-6-5-7-15(27)23-14)25-16(28)12-8-10-13(11-9-12)19(20,21)22/h5-11H,4H2,1-3H3,(H3,23,24,25,26,27,28). The summed E-state index contributed by atoms with van der Waals surface area (Å²) >= 11 is 0. The first-order valence-corrected chi connectivity index (χ1v) is 8.52. The molecule has 1 aromatic carbocycles. The second-order valence-corrected chi connectivity index (χ2v) is 6.71. The fraction of sp³-hybridized carbons (Fsp3) is 0.316. The highest BCUT2D eigenvalue weighted by Gasteiger charge is 2.30. The van der Waals surface area contributed by atoms with Gasteiger partial charge in [0.1, 0.15) is 5.82 Å². The lowest BCUT2D eigenvalue weighted by Crippen LogP contribution is -2.46. The van der Waals surface area contributed by atoms with Crippen molar-refractivity contribution in [3.63, 3.8) is 0 Å². The maximum Gasteiger partial charge on any atom is 0.416 e. The number of hydrogen-bond acceptors (Lipinski definition) is 3. The van der Waals surface area contributed by atoms with Crippen LogP contribution in [0.1, 0.15) is 43.1 Å². The van der Waals surface area contributed by atoms with E-state index in [9.17, 15) is 23.1 Å². The van der Waals surface area contributed by atoms with Gasteiger partial charge in [0.15, 0.2) is 0 Å². The Bertz CT molecular complexity index is 862. The molecule has 1 aromatic heterocycles. The molecule has 3 N–H and O–H groups in total. The Hall–Kier alpha value is -3.10. The molecule has 1 amide bonds. The first-order chi connectivity index (χ1) is 13.0. The van der Waals surface area contributed by atoms with Gasteiger partial charge in [-0.3, -0.25) is 4.79 Å². The summed E-state index contributed by atoms with van der Waals surface area (Å²) in [6.07, 6.45) is -3.78. The Labute approximate surface area is 160 Å². The molecule has 2 aromatic rings. The fourth-order valence-electron chi connectivity index (χ4n) is 2.08. The smallest absolute Gasteiger partial charge is 0.416 e. The van der Waals surface area contributed by atoms with Gasteiger partial charge in [-0.15, -0.1) is 0 Å². The van der Waals surface area contributed by atoms with E-state index in [2.05, 4.69) is 20.6 Å². The second-order valence-electron chi connectivity index (χ2n) is 6.71. The van der Waals surface area contributed by atoms with E-state index in [1.54, 1.807) is 12.1 Å². The van der Waals surface area contributed by atoms with Gasteiger partial charge in [-0.25, -0.2) is 0 Å². The summed E-state index contributed by atoms with van der Waals surface area (Å²) in [5.74, 6) is -0.628. The maximum atomic E-state index is 12.7. The van der Waals surface area contributed by atoms with Crippen molar-refractivity contribution in [3.8, 4) is 5.88 Å². The number of aromatic hydroxyl groups is 1. The van der Waals surface area contributed by atoms with E-state index in [0.717, 1.165) is 24.3 Å². The van der Waals surface area contributed by atoms with Crippen molar-refractivity contribution < 1.29 is 23.1 Å². The van der Waals surface area contributed by atoms with Crippen molar-refractivity contribution in [2.75, 3.05) is 5.32 Å². The minimum Gasteiger partial charge on any atom is -0.493 e. The molecule has 0 bridgehead atoms. The number of alkyl halides is 3. The van der Waals surface area contributed by atoms with Crippen LogP contribution in [0.25, 0.3) is 0 Å². The van der Waals surface area contributed by atoms with E-state index >= 15 is 0 Å². The first kappa shape index (κ1) is 21.2. The summed E-state index contributed by atoms with van der Waals surface area (Å²) in [4.78, 5) is 20.3. The van der Waals surface area contributed by atoms with Crippen LogP contribution in [-0.2, 0) is 6.18 Å². The van der Waals surface area contributed by atoms with Gasteiger partial charge in [0.05, 0.1) is 5.56 Å². The molecule has 0 aliphatic heterocycles. The largest absolute Gasteiger partial charge is 0.493 e. The van der Waals surface area contributed by atoms with E-state index in [0.29, 0.717) is 6.42 Å². The molecule has 6 nitrogen and oxygen atoms in total. The van der Waals surface area contributed by atoms with Crippen LogP contribution in [0, 0.1) is 0 Å². The van der Waals surface area contributed by atoms with E-state index in [-0.39, 0.29) is 23.2 Å². The number of carbonyl (C=O) groups is 1. The lowest BCUT2D eigenvalue weighted by molar-refractivity contribution is -0.137. The van der Waals surface area contributed by atoms with Gasteiger partial charge in [-0.05, 0) is 50.6 Å². The van der Waals surface area contributed by atoms with Crippen LogP contribution < -0.4 is 10.6 Å². The molecule has 0 saturated heterocycles. The van der Waals surface area contributed by atoms with E-state index < -0.39 is 23.2 Å². The van der Waals surface area contributed by atoms with Crippen molar-refractivity contribution in [1.29, 1.82) is 0 Å². The van der Waals surface area contributed by atoms with Crippen molar-refractivity contribution in [3.05, 3.63) is 53.6 Å². The number of carbonyl (C=O) groups excluding carboxylic acids is 1. The second kappa shape index (κ2) is 8.28. The lowest BCUT2D eigenvalue weighted by Gasteiger charge is -2.26. The number of aromatic nitrogens is 1. The van der Waals surface area contributed by atoms with Crippen molar-refractivity contribution in [2.24, 2.45) is 4.99 Å². The number of guanidine groups is 1. The SMILES string of the molecule is CCC(C)(C)N/C(=N/C(=O)c1ccc(C(F)(F)F)cc1)Nc1cccc(O)n1. The third-order valence-electron chi connectivity index (χ3n) is 3.99. The third kappa shape index (κ3) is 5.97. The molecule has 0 radical (unpaired) electrons. The van der Waals surface area contributed by atoms with Crippen LogP contribution in [-0.4, -0.2) is 27.5 Å². The molecular weight excluding hydrogens is 373 g/mol. The number of nitrogens with one attached hydrogen (secondary N) is 2. The zero-order chi connectivity index (χ0) is 20.9. The average molecular weight is 394 g/mol. The van der Waals surface area contributed by atoms with Crippen LogP contribution in [0.3, 0.4) is 0 Å². The number of halogens is 3. The normalized spacial score (nSPS) is 12.6. The summed E-state index contributed by atoms with van der Waals surface area (Å²) in [5.41, 5.74) is -1.27. The number of anilines is 1. The van der Waals surface area contributed by atoms with Gasteiger partial charge in [-0.2, -0.15) is 23.1 Å². The minimum absolute atomic E-state index is 0.00673. The molecule has 0 atom stereocenters. The average Bonchev–Trinajstić information content (AvgIpc) is 2.60. The Morgan fingerprint density at radius 3 is 2.32 bits per heavy atom. The number of nitrogens with zero attached hydrogens (tertiary/aromatic N) is 2. The molecule has 0 aliphatic carbocycles. The number of hydrogen-bond donors (Lipinski definition) is 3. The molecule has 0 aliphatic rings. The Morgan fingerprint density at radius 2 is 1.79 bits per heavy atom. The predicted octanol–water partition coefficient (Wildman–Crippen LogP) is 4.19. The Morgan fingerprint density at radius 1 is 1.14 bits per heavy atom. The highest BCUT2D eigenvalue weighted by molar-refractivity contribution is 6.06. The highest BCUT2D eigenvalue weighted by atomic mass is 19.4. The fourth-order valence-corrected chi connectivity index (χ4v) is 2.08. The van der Waals surface area contributed by atoms with Gasteiger partial charge in [0.2, 0.25) is 11.8 Å². The van der Waals surface area contributed by atoms with E-state index in [4.69, 9.17) is 0 Å². The topological polar surface area (TPSA) is 86.6 Å². The van der Waals surface area contributed by atoms with Crippen LogP contribution >= 0.6 is 0 Å².